The van der Waals surface area contributed by atoms with Crippen LogP contribution >= 0.6 is 0 Å². The lowest BCUT2D eigenvalue weighted by Gasteiger charge is -2.18. The van der Waals surface area contributed by atoms with Gasteiger partial charge in [-0.15, -0.1) is 0 Å². The zero-order valence-corrected chi connectivity index (χ0v) is 18.9. The highest BCUT2D eigenvalue weighted by Crippen LogP contribution is 2.22. The largest absolute Gasteiger partial charge is 0.493 e. The second-order valence-corrected chi connectivity index (χ2v) is 8.91. The molecule has 0 spiro atoms. The number of benzene rings is 2. The molecule has 0 radical (unpaired) electrons. The SMILES string of the molecule is CCCCCCOc1ccccc1C(=O)Nc1ccc(S(=O)(=O)N(CC)CC)cc1. The highest BCUT2D eigenvalue weighted by atomic mass is 32.2. The Kier molecular flexibility index (Phi) is 9.33. The summed E-state index contributed by atoms with van der Waals surface area (Å²) >= 11 is 0. The fourth-order valence-corrected chi connectivity index (χ4v) is 4.57. The summed E-state index contributed by atoms with van der Waals surface area (Å²) in [5.41, 5.74) is 0.976. The third kappa shape index (κ3) is 6.31. The quantitative estimate of drug-likeness (QED) is 0.483. The molecule has 6 nitrogen and oxygen atoms in total. The number of para-hydroxylation sites is 1. The van der Waals surface area contributed by atoms with Crippen molar-refractivity contribution in [3.05, 3.63) is 54.1 Å². The molecule has 0 aliphatic rings. The van der Waals surface area contributed by atoms with Crippen LogP contribution in [0.15, 0.2) is 53.4 Å². The molecule has 0 heterocycles. The number of amides is 1. The predicted molar refractivity (Wildman–Crippen MR) is 121 cm³/mol. The van der Waals surface area contributed by atoms with E-state index in [0.29, 0.717) is 36.7 Å². The minimum Gasteiger partial charge on any atom is -0.493 e. The lowest BCUT2D eigenvalue weighted by atomic mass is 10.1. The summed E-state index contributed by atoms with van der Waals surface area (Å²) < 4.78 is 32.4. The molecule has 2 aromatic rings. The molecule has 0 fully saturated rings. The average molecular weight is 433 g/mol. The van der Waals surface area contributed by atoms with E-state index in [1.54, 1.807) is 44.2 Å². The number of rotatable bonds is 12. The first-order chi connectivity index (χ1) is 14.4. The zero-order valence-electron chi connectivity index (χ0n) is 18.1. The zero-order chi connectivity index (χ0) is 22.0. The molecular weight excluding hydrogens is 400 g/mol. The van der Waals surface area contributed by atoms with E-state index < -0.39 is 10.0 Å². The normalized spacial score (nSPS) is 11.5. The minimum absolute atomic E-state index is 0.208. The van der Waals surface area contributed by atoms with Crippen LogP contribution in [0.4, 0.5) is 5.69 Å². The van der Waals surface area contributed by atoms with Gasteiger partial charge in [-0.25, -0.2) is 8.42 Å². The Morgan fingerprint density at radius 3 is 2.23 bits per heavy atom. The number of anilines is 1. The molecule has 0 saturated carbocycles. The Morgan fingerprint density at radius 1 is 0.933 bits per heavy atom. The molecule has 0 saturated heterocycles. The van der Waals surface area contributed by atoms with E-state index in [1.165, 1.54) is 22.9 Å². The Bertz CT molecular complexity index is 907. The number of sulfonamides is 1. The number of nitrogens with zero attached hydrogens (tertiary/aromatic N) is 1. The summed E-state index contributed by atoms with van der Waals surface area (Å²) in [5, 5.41) is 2.82. The number of unbranched alkanes of at least 4 members (excludes halogenated alkanes) is 3. The van der Waals surface area contributed by atoms with Gasteiger partial charge in [0.1, 0.15) is 5.75 Å². The molecule has 30 heavy (non-hydrogen) atoms. The van der Waals surface area contributed by atoms with Gasteiger partial charge in [0.15, 0.2) is 0 Å². The summed E-state index contributed by atoms with van der Waals surface area (Å²) in [5.74, 6) is 0.255. The third-order valence-corrected chi connectivity index (χ3v) is 6.91. The number of hydrogen-bond acceptors (Lipinski definition) is 4. The molecule has 2 rings (SSSR count). The van der Waals surface area contributed by atoms with Gasteiger partial charge in [0.05, 0.1) is 17.1 Å². The Morgan fingerprint density at radius 2 is 1.60 bits per heavy atom. The van der Waals surface area contributed by atoms with Crippen molar-refractivity contribution in [1.82, 2.24) is 4.31 Å². The number of carbonyl (C=O) groups excluding carboxylic acids is 1. The van der Waals surface area contributed by atoms with Crippen LogP contribution in [0.2, 0.25) is 0 Å². The summed E-state index contributed by atoms with van der Waals surface area (Å²) in [6.45, 7) is 7.16. The summed E-state index contributed by atoms with van der Waals surface area (Å²) in [6, 6.07) is 13.4. The van der Waals surface area contributed by atoms with E-state index in [9.17, 15) is 13.2 Å². The van der Waals surface area contributed by atoms with Gasteiger partial charge in [0, 0.05) is 18.8 Å². The lowest BCUT2D eigenvalue weighted by molar-refractivity contribution is 0.102. The first kappa shape index (κ1) is 23.9. The van der Waals surface area contributed by atoms with Crippen LogP contribution in [0.3, 0.4) is 0 Å². The maximum atomic E-state index is 12.7. The molecule has 0 unspecified atom stereocenters. The van der Waals surface area contributed by atoms with Crippen LogP contribution in [0, 0.1) is 0 Å². The van der Waals surface area contributed by atoms with E-state index in [2.05, 4.69) is 12.2 Å². The van der Waals surface area contributed by atoms with Crippen LogP contribution in [-0.4, -0.2) is 38.3 Å². The number of nitrogens with one attached hydrogen (secondary N) is 1. The van der Waals surface area contributed by atoms with Crippen molar-refractivity contribution in [2.24, 2.45) is 0 Å². The Hall–Kier alpha value is -2.38. The van der Waals surface area contributed by atoms with E-state index in [-0.39, 0.29) is 10.8 Å². The summed E-state index contributed by atoms with van der Waals surface area (Å²) in [6.07, 6.45) is 4.39. The molecule has 164 valence electrons. The average Bonchev–Trinajstić information content (AvgIpc) is 2.75. The molecule has 0 aliphatic carbocycles. The summed E-state index contributed by atoms with van der Waals surface area (Å²) in [4.78, 5) is 12.9. The van der Waals surface area contributed by atoms with Crippen molar-refractivity contribution < 1.29 is 17.9 Å². The molecule has 1 N–H and O–H groups in total. The molecule has 0 atom stereocenters. The maximum Gasteiger partial charge on any atom is 0.259 e. The van der Waals surface area contributed by atoms with Crippen molar-refractivity contribution in [3.8, 4) is 5.75 Å². The van der Waals surface area contributed by atoms with Gasteiger partial charge in [-0.05, 0) is 42.8 Å². The second kappa shape index (κ2) is 11.7. The topological polar surface area (TPSA) is 75.7 Å². The molecular formula is C23H32N2O4S. The van der Waals surface area contributed by atoms with Crippen molar-refractivity contribution in [1.29, 1.82) is 0 Å². The van der Waals surface area contributed by atoms with Crippen molar-refractivity contribution >= 4 is 21.6 Å². The predicted octanol–water partition coefficient (Wildman–Crippen LogP) is 4.93. The van der Waals surface area contributed by atoms with Gasteiger partial charge in [-0.3, -0.25) is 4.79 Å². The first-order valence-corrected chi connectivity index (χ1v) is 12.0. The van der Waals surface area contributed by atoms with Gasteiger partial charge in [-0.2, -0.15) is 4.31 Å². The Labute approximate surface area is 180 Å². The van der Waals surface area contributed by atoms with Crippen molar-refractivity contribution in [2.75, 3.05) is 25.0 Å². The van der Waals surface area contributed by atoms with Crippen molar-refractivity contribution in [2.45, 2.75) is 51.3 Å². The fourth-order valence-electron chi connectivity index (χ4n) is 3.11. The van der Waals surface area contributed by atoms with E-state index in [4.69, 9.17) is 4.74 Å². The highest BCUT2D eigenvalue weighted by Gasteiger charge is 2.21. The smallest absolute Gasteiger partial charge is 0.259 e. The van der Waals surface area contributed by atoms with Gasteiger partial charge >= 0.3 is 0 Å². The molecule has 0 aliphatic heterocycles. The van der Waals surface area contributed by atoms with Gasteiger partial charge in [-0.1, -0.05) is 52.2 Å². The van der Waals surface area contributed by atoms with Crippen LogP contribution in [0.5, 0.6) is 5.75 Å². The number of carbonyl (C=O) groups is 1. The van der Waals surface area contributed by atoms with E-state index in [0.717, 1.165) is 19.3 Å². The Balaban J connectivity index is 2.06. The van der Waals surface area contributed by atoms with E-state index in [1.807, 2.05) is 6.07 Å². The number of hydrogen-bond donors (Lipinski definition) is 1. The van der Waals surface area contributed by atoms with Crippen LogP contribution in [-0.2, 0) is 10.0 Å². The van der Waals surface area contributed by atoms with Gasteiger partial charge < -0.3 is 10.1 Å². The second-order valence-electron chi connectivity index (χ2n) is 6.97. The maximum absolute atomic E-state index is 12.7. The minimum atomic E-state index is -3.52. The van der Waals surface area contributed by atoms with Gasteiger partial charge in [0.2, 0.25) is 10.0 Å². The molecule has 0 bridgehead atoms. The van der Waals surface area contributed by atoms with Crippen LogP contribution in [0.25, 0.3) is 0 Å². The monoisotopic (exact) mass is 432 g/mol. The third-order valence-electron chi connectivity index (χ3n) is 4.84. The molecule has 0 aromatic heterocycles. The highest BCUT2D eigenvalue weighted by molar-refractivity contribution is 7.89. The standard InChI is InChI=1S/C23H32N2O4S/c1-4-7-8-11-18-29-22-13-10-9-12-21(22)23(26)24-19-14-16-20(17-15-19)30(27,28)25(5-2)6-3/h9-10,12-17H,4-8,11,18H2,1-3H3,(H,24,26). The first-order valence-electron chi connectivity index (χ1n) is 10.6. The molecule has 1 amide bonds. The fraction of sp³-hybridized carbons (Fsp3) is 0.435. The lowest BCUT2D eigenvalue weighted by Crippen LogP contribution is -2.30. The number of ether oxygens (including phenoxy) is 1. The summed E-state index contributed by atoms with van der Waals surface area (Å²) in [7, 11) is -3.52. The van der Waals surface area contributed by atoms with Crippen molar-refractivity contribution in [3.63, 3.8) is 0 Å². The molecule has 2 aromatic carbocycles. The van der Waals surface area contributed by atoms with Crippen LogP contribution < -0.4 is 10.1 Å². The van der Waals surface area contributed by atoms with E-state index >= 15 is 0 Å². The molecule has 7 heteroatoms. The van der Waals surface area contributed by atoms with Crippen LogP contribution in [0.1, 0.15) is 56.8 Å². The van der Waals surface area contributed by atoms with Gasteiger partial charge in [0.25, 0.3) is 5.91 Å².